The highest BCUT2D eigenvalue weighted by atomic mass is 16.2. The molecule has 0 bridgehead atoms. The van der Waals surface area contributed by atoms with E-state index in [0.717, 1.165) is 41.0 Å². The van der Waals surface area contributed by atoms with E-state index in [9.17, 15) is 19.2 Å². The van der Waals surface area contributed by atoms with Crippen LogP contribution in [0.15, 0.2) is 30.3 Å². The summed E-state index contributed by atoms with van der Waals surface area (Å²) in [5.74, 6) is -1.87. The monoisotopic (exact) mass is 357 g/mol. The van der Waals surface area contributed by atoms with Crippen LogP contribution in [-0.4, -0.2) is 46.1 Å². The second-order valence-electron chi connectivity index (χ2n) is 6.99. The predicted octanol–water partition coefficient (Wildman–Crippen LogP) is 1.67. The number of hydrogen-bond donors (Lipinski definition) is 1. The van der Waals surface area contributed by atoms with E-state index >= 15 is 0 Å². The summed E-state index contributed by atoms with van der Waals surface area (Å²) in [6.07, 6.45) is 4.16. The lowest BCUT2D eigenvalue weighted by molar-refractivity contribution is -0.144. The molecule has 2 aliphatic rings. The van der Waals surface area contributed by atoms with Crippen molar-refractivity contribution in [1.29, 1.82) is 0 Å². The molecule has 7 nitrogen and oxygen atoms in total. The Morgan fingerprint density at radius 2 is 1.69 bits per heavy atom. The lowest BCUT2D eigenvalue weighted by atomic mass is 9.86. The molecule has 0 radical (unpaired) electrons. The fourth-order valence-corrected chi connectivity index (χ4v) is 3.52. The van der Waals surface area contributed by atoms with Crippen molar-refractivity contribution in [1.82, 2.24) is 15.1 Å². The van der Waals surface area contributed by atoms with Gasteiger partial charge in [-0.25, -0.2) is 9.69 Å². The molecule has 1 aliphatic carbocycles. The molecule has 5 amide bonds. The molecule has 0 aromatic heterocycles. The van der Waals surface area contributed by atoms with Crippen molar-refractivity contribution < 1.29 is 19.2 Å². The van der Waals surface area contributed by atoms with Gasteiger partial charge in [0, 0.05) is 6.04 Å². The van der Waals surface area contributed by atoms with E-state index < -0.39 is 30.3 Å². The molecular formula is C19H23N3O4. The van der Waals surface area contributed by atoms with E-state index in [-0.39, 0.29) is 12.6 Å². The van der Waals surface area contributed by atoms with Crippen molar-refractivity contribution in [3.8, 4) is 0 Å². The Kier molecular flexibility index (Phi) is 5.35. The van der Waals surface area contributed by atoms with Gasteiger partial charge in [-0.2, -0.15) is 0 Å². The van der Waals surface area contributed by atoms with Crippen molar-refractivity contribution in [3.05, 3.63) is 35.9 Å². The lowest BCUT2D eigenvalue weighted by Crippen LogP contribution is -2.47. The van der Waals surface area contributed by atoms with Gasteiger partial charge in [-0.15, -0.1) is 0 Å². The van der Waals surface area contributed by atoms with E-state index in [1.54, 1.807) is 24.3 Å². The third-order valence-corrected chi connectivity index (χ3v) is 5.08. The van der Waals surface area contributed by atoms with Crippen LogP contribution in [0.2, 0.25) is 0 Å². The lowest BCUT2D eigenvalue weighted by Gasteiger charge is -2.29. The Labute approximate surface area is 152 Å². The number of nitrogens with zero attached hydrogens (tertiary/aromatic N) is 2. The van der Waals surface area contributed by atoms with Gasteiger partial charge in [0.05, 0.1) is 6.54 Å². The standard InChI is InChI=1S/C19H23N3O4/c1-13-7-5-6-10-15(13)20-16(23)12-22-18(25)17(24)21(19(22)26)11-14-8-3-2-4-9-14/h2-4,8-9,13,15H,5-7,10-12H2,1H3,(H,20,23)/t13-,15+/m0/s1. The van der Waals surface area contributed by atoms with Crippen LogP contribution >= 0.6 is 0 Å². The van der Waals surface area contributed by atoms with Crippen LogP contribution in [0.1, 0.15) is 38.2 Å². The van der Waals surface area contributed by atoms with Gasteiger partial charge in [0.15, 0.2) is 0 Å². The van der Waals surface area contributed by atoms with Crippen molar-refractivity contribution in [2.75, 3.05) is 6.54 Å². The first-order valence-corrected chi connectivity index (χ1v) is 8.98. The fourth-order valence-electron chi connectivity index (χ4n) is 3.52. The van der Waals surface area contributed by atoms with Gasteiger partial charge in [-0.05, 0) is 24.3 Å². The number of amides is 5. The quantitative estimate of drug-likeness (QED) is 0.641. The van der Waals surface area contributed by atoms with E-state index in [0.29, 0.717) is 5.92 Å². The first-order valence-electron chi connectivity index (χ1n) is 8.98. The topological polar surface area (TPSA) is 86.8 Å². The van der Waals surface area contributed by atoms with Gasteiger partial charge < -0.3 is 5.32 Å². The molecule has 7 heteroatoms. The first-order chi connectivity index (χ1) is 12.5. The Morgan fingerprint density at radius 3 is 2.38 bits per heavy atom. The molecule has 26 heavy (non-hydrogen) atoms. The highest BCUT2D eigenvalue weighted by Crippen LogP contribution is 2.23. The Bertz CT molecular complexity index is 719. The number of urea groups is 1. The summed E-state index contributed by atoms with van der Waals surface area (Å²) in [5, 5.41) is 2.90. The van der Waals surface area contributed by atoms with Gasteiger partial charge in [-0.3, -0.25) is 19.3 Å². The number of rotatable bonds is 5. The number of hydrogen-bond acceptors (Lipinski definition) is 4. The Balaban J connectivity index is 1.62. The van der Waals surface area contributed by atoms with Gasteiger partial charge in [0.25, 0.3) is 0 Å². The normalized spacial score (nSPS) is 23.5. The van der Waals surface area contributed by atoms with Crippen molar-refractivity contribution in [3.63, 3.8) is 0 Å². The van der Waals surface area contributed by atoms with Crippen LogP contribution in [0.25, 0.3) is 0 Å². The molecule has 1 heterocycles. The van der Waals surface area contributed by atoms with Crippen LogP contribution in [0.3, 0.4) is 0 Å². The molecule has 138 valence electrons. The van der Waals surface area contributed by atoms with E-state index in [2.05, 4.69) is 12.2 Å². The largest absolute Gasteiger partial charge is 0.352 e. The SMILES string of the molecule is C[C@H]1CCCC[C@H]1NC(=O)CN1C(=O)C(=O)N(Cc2ccccc2)C1=O. The maximum atomic E-state index is 12.5. The van der Waals surface area contributed by atoms with Crippen LogP contribution < -0.4 is 5.32 Å². The summed E-state index contributed by atoms with van der Waals surface area (Å²) in [7, 11) is 0. The second-order valence-corrected chi connectivity index (χ2v) is 6.99. The average molecular weight is 357 g/mol. The Morgan fingerprint density at radius 1 is 1.04 bits per heavy atom. The molecule has 1 N–H and O–H groups in total. The summed E-state index contributed by atoms with van der Waals surface area (Å²) in [6.45, 7) is 1.68. The van der Waals surface area contributed by atoms with Crippen molar-refractivity contribution in [2.45, 2.75) is 45.2 Å². The van der Waals surface area contributed by atoms with Gasteiger partial charge >= 0.3 is 17.8 Å². The molecule has 1 saturated heterocycles. The summed E-state index contributed by atoms with van der Waals surface area (Å²) in [4.78, 5) is 50.6. The molecule has 3 rings (SSSR count). The molecule has 1 aromatic carbocycles. The smallest absolute Gasteiger partial charge is 0.335 e. The summed E-state index contributed by atoms with van der Waals surface area (Å²) < 4.78 is 0. The maximum absolute atomic E-state index is 12.5. The number of carbonyl (C=O) groups excluding carboxylic acids is 4. The summed E-state index contributed by atoms with van der Waals surface area (Å²) in [5.41, 5.74) is 0.740. The van der Waals surface area contributed by atoms with Gasteiger partial charge in [-0.1, -0.05) is 50.1 Å². The van der Waals surface area contributed by atoms with E-state index in [1.165, 1.54) is 0 Å². The molecule has 0 unspecified atom stereocenters. The zero-order chi connectivity index (χ0) is 18.7. The van der Waals surface area contributed by atoms with E-state index in [4.69, 9.17) is 0 Å². The number of nitrogens with one attached hydrogen (secondary N) is 1. The van der Waals surface area contributed by atoms with Crippen molar-refractivity contribution >= 4 is 23.8 Å². The van der Waals surface area contributed by atoms with Crippen LogP contribution in [0.4, 0.5) is 4.79 Å². The number of imide groups is 2. The minimum Gasteiger partial charge on any atom is -0.352 e. The summed E-state index contributed by atoms with van der Waals surface area (Å²) in [6, 6.07) is 8.26. The highest BCUT2D eigenvalue weighted by Gasteiger charge is 2.45. The van der Waals surface area contributed by atoms with Crippen LogP contribution in [0.5, 0.6) is 0 Å². The Hall–Kier alpha value is -2.70. The molecular weight excluding hydrogens is 334 g/mol. The molecule has 1 aromatic rings. The highest BCUT2D eigenvalue weighted by molar-refractivity contribution is 6.44. The zero-order valence-electron chi connectivity index (χ0n) is 14.8. The second kappa shape index (κ2) is 7.68. The summed E-state index contributed by atoms with van der Waals surface area (Å²) >= 11 is 0. The van der Waals surface area contributed by atoms with E-state index in [1.807, 2.05) is 6.07 Å². The minimum absolute atomic E-state index is 0.0159. The molecule has 1 saturated carbocycles. The van der Waals surface area contributed by atoms with Gasteiger partial charge in [0.2, 0.25) is 5.91 Å². The fraction of sp³-hybridized carbons (Fsp3) is 0.474. The number of carbonyl (C=O) groups is 4. The first kappa shape index (κ1) is 18.1. The maximum Gasteiger partial charge on any atom is 0.335 e. The minimum atomic E-state index is -0.947. The number of benzene rings is 1. The molecule has 0 spiro atoms. The molecule has 2 atom stereocenters. The third-order valence-electron chi connectivity index (χ3n) is 5.08. The van der Waals surface area contributed by atoms with Crippen molar-refractivity contribution in [2.24, 2.45) is 5.92 Å². The third kappa shape index (κ3) is 3.76. The molecule has 1 aliphatic heterocycles. The van der Waals surface area contributed by atoms with Gasteiger partial charge in [0.1, 0.15) is 6.54 Å². The predicted molar refractivity (Wildman–Crippen MR) is 93.7 cm³/mol. The zero-order valence-corrected chi connectivity index (χ0v) is 14.8. The van der Waals surface area contributed by atoms with Crippen LogP contribution in [0, 0.1) is 5.92 Å². The van der Waals surface area contributed by atoms with Crippen LogP contribution in [-0.2, 0) is 20.9 Å². The molecule has 2 fully saturated rings. The average Bonchev–Trinajstić information content (AvgIpc) is 2.83.